The van der Waals surface area contributed by atoms with Crippen molar-refractivity contribution in [2.45, 2.75) is 6.42 Å². The molecule has 1 heterocycles. The molecule has 0 aliphatic heterocycles. The number of fused-ring (bicyclic) bond motifs is 1. The molecule has 0 atom stereocenters. The lowest BCUT2D eigenvalue weighted by Crippen LogP contribution is -2.07. The summed E-state index contributed by atoms with van der Waals surface area (Å²) in [5.74, 6) is 2.34. The van der Waals surface area contributed by atoms with E-state index >= 15 is 0 Å². The lowest BCUT2D eigenvalue weighted by Gasteiger charge is -2.08. The molecule has 0 aliphatic carbocycles. The Labute approximate surface area is 152 Å². The summed E-state index contributed by atoms with van der Waals surface area (Å²) in [5, 5.41) is 4.33. The minimum absolute atomic E-state index is 0.660. The third kappa shape index (κ3) is 3.98. The van der Waals surface area contributed by atoms with Gasteiger partial charge in [-0.15, -0.1) is 0 Å². The number of para-hydroxylation sites is 2. The highest BCUT2D eigenvalue weighted by Crippen LogP contribution is 2.21. The Morgan fingerprint density at radius 3 is 2.35 bits per heavy atom. The van der Waals surface area contributed by atoms with Gasteiger partial charge in [-0.05, 0) is 42.3 Å². The number of anilines is 1. The predicted octanol–water partition coefficient (Wildman–Crippen LogP) is 5.08. The molecule has 0 spiro atoms. The SMILES string of the molecule is c1ccc(Oc2ccc(CCNc3ncc4ccccc4n3)cc2)cc1. The first kappa shape index (κ1) is 16.1. The maximum absolute atomic E-state index is 5.81. The van der Waals surface area contributed by atoms with Crippen molar-refractivity contribution in [1.82, 2.24) is 9.97 Å². The summed E-state index contributed by atoms with van der Waals surface area (Å²) < 4.78 is 5.81. The van der Waals surface area contributed by atoms with Crippen LogP contribution in [0.1, 0.15) is 5.56 Å². The second-order valence-electron chi connectivity index (χ2n) is 5.99. The minimum Gasteiger partial charge on any atom is -0.457 e. The van der Waals surface area contributed by atoms with Gasteiger partial charge in [0, 0.05) is 18.1 Å². The molecular formula is C22H19N3O. The number of nitrogens with one attached hydrogen (secondary N) is 1. The van der Waals surface area contributed by atoms with Gasteiger partial charge in [0.25, 0.3) is 0 Å². The standard InChI is InChI=1S/C22H19N3O/c1-2-7-19(8-3-1)26-20-12-10-17(11-13-20)14-15-23-22-24-16-18-6-4-5-9-21(18)25-22/h1-13,16H,14-15H2,(H,23,24,25). The van der Waals surface area contributed by atoms with E-state index in [1.807, 2.05) is 72.9 Å². The van der Waals surface area contributed by atoms with Crippen LogP contribution in [-0.4, -0.2) is 16.5 Å². The molecule has 1 aromatic heterocycles. The number of benzene rings is 3. The van der Waals surface area contributed by atoms with Gasteiger partial charge in [0.1, 0.15) is 11.5 Å². The van der Waals surface area contributed by atoms with Gasteiger partial charge < -0.3 is 10.1 Å². The summed E-state index contributed by atoms with van der Waals surface area (Å²) in [7, 11) is 0. The molecular weight excluding hydrogens is 322 g/mol. The van der Waals surface area contributed by atoms with Crippen LogP contribution in [0.15, 0.2) is 85.1 Å². The molecule has 0 bridgehead atoms. The zero-order valence-corrected chi connectivity index (χ0v) is 14.3. The zero-order valence-electron chi connectivity index (χ0n) is 14.3. The second kappa shape index (κ2) is 7.66. The molecule has 3 aromatic carbocycles. The molecule has 4 rings (SSSR count). The Kier molecular flexibility index (Phi) is 4.74. The number of ether oxygens (including phenoxy) is 1. The van der Waals surface area contributed by atoms with Crippen molar-refractivity contribution >= 4 is 16.9 Å². The third-order valence-corrected chi connectivity index (χ3v) is 4.09. The quantitative estimate of drug-likeness (QED) is 0.531. The summed E-state index contributed by atoms with van der Waals surface area (Å²) in [6, 6.07) is 25.9. The maximum Gasteiger partial charge on any atom is 0.223 e. The van der Waals surface area contributed by atoms with Gasteiger partial charge in [-0.25, -0.2) is 9.97 Å². The monoisotopic (exact) mass is 341 g/mol. The van der Waals surface area contributed by atoms with Gasteiger partial charge in [0.05, 0.1) is 5.52 Å². The Morgan fingerprint density at radius 2 is 1.50 bits per heavy atom. The molecule has 128 valence electrons. The summed E-state index contributed by atoms with van der Waals surface area (Å²) in [4.78, 5) is 8.88. The molecule has 4 heteroatoms. The molecule has 26 heavy (non-hydrogen) atoms. The first-order valence-corrected chi connectivity index (χ1v) is 8.64. The Bertz CT molecular complexity index is 985. The molecule has 1 N–H and O–H groups in total. The van der Waals surface area contributed by atoms with Crippen molar-refractivity contribution in [3.63, 3.8) is 0 Å². The van der Waals surface area contributed by atoms with E-state index in [4.69, 9.17) is 4.74 Å². The van der Waals surface area contributed by atoms with Crippen LogP contribution in [0.25, 0.3) is 10.9 Å². The molecule has 4 nitrogen and oxygen atoms in total. The van der Waals surface area contributed by atoms with E-state index < -0.39 is 0 Å². The first-order chi connectivity index (χ1) is 12.9. The predicted molar refractivity (Wildman–Crippen MR) is 105 cm³/mol. The van der Waals surface area contributed by atoms with E-state index in [1.165, 1.54) is 5.56 Å². The number of rotatable bonds is 6. The van der Waals surface area contributed by atoms with Crippen LogP contribution in [0.2, 0.25) is 0 Å². The molecule has 4 aromatic rings. The molecule has 0 amide bonds. The van der Waals surface area contributed by atoms with Crippen LogP contribution in [-0.2, 0) is 6.42 Å². The number of aromatic nitrogens is 2. The minimum atomic E-state index is 0.660. The summed E-state index contributed by atoms with van der Waals surface area (Å²) in [6.45, 7) is 0.775. The highest BCUT2D eigenvalue weighted by molar-refractivity contribution is 5.78. The van der Waals surface area contributed by atoms with Gasteiger partial charge in [-0.1, -0.05) is 48.5 Å². The molecule has 0 saturated carbocycles. The molecule has 0 radical (unpaired) electrons. The van der Waals surface area contributed by atoms with E-state index in [0.717, 1.165) is 35.4 Å². The van der Waals surface area contributed by atoms with E-state index in [1.54, 1.807) is 0 Å². The summed E-state index contributed by atoms with van der Waals surface area (Å²) in [5.41, 5.74) is 2.19. The van der Waals surface area contributed by atoms with Crippen molar-refractivity contribution in [2.75, 3.05) is 11.9 Å². The average molecular weight is 341 g/mol. The van der Waals surface area contributed by atoms with Gasteiger partial charge in [0.15, 0.2) is 0 Å². The highest BCUT2D eigenvalue weighted by atomic mass is 16.5. The Balaban J connectivity index is 1.32. The van der Waals surface area contributed by atoms with E-state index in [-0.39, 0.29) is 0 Å². The normalized spacial score (nSPS) is 10.6. The summed E-state index contributed by atoms with van der Waals surface area (Å²) in [6.07, 6.45) is 2.74. The van der Waals surface area contributed by atoms with Crippen molar-refractivity contribution in [3.05, 3.63) is 90.6 Å². The van der Waals surface area contributed by atoms with Crippen LogP contribution in [0.5, 0.6) is 11.5 Å². The fourth-order valence-electron chi connectivity index (χ4n) is 2.72. The van der Waals surface area contributed by atoms with Crippen molar-refractivity contribution in [1.29, 1.82) is 0 Å². The molecule has 0 saturated heterocycles. The fourth-order valence-corrected chi connectivity index (χ4v) is 2.72. The van der Waals surface area contributed by atoms with Crippen LogP contribution in [0.3, 0.4) is 0 Å². The lowest BCUT2D eigenvalue weighted by molar-refractivity contribution is 0.482. The van der Waals surface area contributed by atoms with Crippen LogP contribution >= 0.6 is 0 Å². The number of nitrogens with zero attached hydrogens (tertiary/aromatic N) is 2. The van der Waals surface area contributed by atoms with Gasteiger partial charge in [-0.3, -0.25) is 0 Å². The van der Waals surface area contributed by atoms with Gasteiger partial charge in [0.2, 0.25) is 5.95 Å². The topological polar surface area (TPSA) is 47.0 Å². The van der Waals surface area contributed by atoms with E-state index in [0.29, 0.717) is 5.95 Å². The Hall–Kier alpha value is -3.40. The van der Waals surface area contributed by atoms with Crippen LogP contribution < -0.4 is 10.1 Å². The Morgan fingerprint density at radius 1 is 0.769 bits per heavy atom. The maximum atomic E-state index is 5.81. The molecule has 0 aliphatic rings. The third-order valence-electron chi connectivity index (χ3n) is 4.09. The number of hydrogen-bond acceptors (Lipinski definition) is 4. The van der Waals surface area contributed by atoms with Crippen LogP contribution in [0.4, 0.5) is 5.95 Å². The highest BCUT2D eigenvalue weighted by Gasteiger charge is 2.01. The van der Waals surface area contributed by atoms with E-state index in [2.05, 4.69) is 27.4 Å². The van der Waals surface area contributed by atoms with Crippen molar-refractivity contribution < 1.29 is 4.74 Å². The smallest absolute Gasteiger partial charge is 0.223 e. The average Bonchev–Trinajstić information content (AvgIpc) is 2.70. The summed E-state index contributed by atoms with van der Waals surface area (Å²) >= 11 is 0. The van der Waals surface area contributed by atoms with Gasteiger partial charge >= 0.3 is 0 Å². The largest absolute Gasteiger partial charge is 0.457 e. The molecule has 0 fully saturated rings. The zero-order chi connectivity index (χ0) is 17.6. The van der Waals surface area contributed by atoms with Crippen molar-refractivity contribution in [2.24, 2.45) is 0 Å². The number of hydrogen-bond donors (Lipinski definition) is 1. The van der Waals surface area contributed by atoms with Gasteiger partial charge in [-0.2, -0.15) is 0 Å². The van der Waals surface area contributed by atoms with E-state index in [9.17, 15) is 0 Å². The lowest BCUT2D eigenvalue weighted by atomic mass is 10.1. The first-order valence-electron chi connectivity index (χ1n) is 8.64. The second-order valence-corrected chi connectivity index (χ2v) is 5.99. The molecule has 0 unspecified atom stereocenters. The van der Waals surface area contributed by atoms with Crippen LogP contribution in [0, 0.1) is 0 Å². The fraction of sp³-hybridized carbons (Fsp3) is 0.0909. The van der Waals surface area contributed by atoms with Crippen molar-refractivity contribution in [3.8, 4) is 11.5 Å².